The number of benzene rings is 1. The van der Waals surface area contributed by atoms with Crippen LogP contribution in [0.2, 0.25) is 0 Å². The van der Waals surface area contributed by atoms with E-state index in [0.717, 1.165) is 18.3 Å². The number of halogens is 2. The molecule has 1 aromatic heterocycles. The second kappa shape index (κ2) is 2.78. The van der Waals surface area contributed by atoms with Crippen LogP contribution in [0.15, 0.2) is 12.1 Å². The molecule has 2 atom stereocenters. The molecule has 3 rings (SSSR count). The second-order valence-electron chi connectivity index (χ2n) is 4.20. The Labute approximate surface area is 85.3 Å². The molecule has 0 saturated heterocycles. The standard InChI is InChI=1S/C11H10F2N2/c1-5-4-6(5)11-14-8-3-2-7(12)9(13)10(8)15-11/h2-3,5-6H,4H2,1H3,(H,14,15). The Hall–Kier alpha value is -1.45. The molecule has 4 heteroatoms. The number of aromatic amines is 1. The molecule has 0 radical (unpaired) electrons. The summed E-state index contributed by atoms with van der Waals surface area (Å²) in [5, 5.41) is 0. The summed E-state index contributed by atoms with van der Waals surface area (Å²) in [6.07, 6.45) is 1.07. The molecule has 1 aliphatic rings. The zero-order valence-electron chi connectivity index (χ0n) is 8.22. The Morgan fingerprint density at radius 1 is 1.40 bits per heavy atom. The van der Waals surface area contributed by atoms with Crippen molar-refractivity contribution >= 4 is 11.0 Å². The van der Waals surface area contributed by atoms with Gasteiger partial charge >= 0.3 is 0 Å². The fourth-order valence-electron chi connectivity index (χ4n) is 1.92. The summed E-state index contributed by atoms with van der Waals surface area (Å²) in [6.45, 7) is 2.12. The van der Waals surface area contributed by atoms with Crippen molar-refractivity contribution in [2.24, 2.45) is 5.92 Å². The van der Waals surface area contributed by atoms with Crippen molar-refractivity contribution in [3.8, 4) is 0 Å². The van der Waals surface area contributed by atoms with Gasteiger partial charge in [0.1, 0.15) is 11.3 Å². The van der Waals surface area contributed by atoms with Crippen LogP contribution in [0.3, 0.4) is 0 Å². The van der Waals surface area contributed by atoms with Crippen LogP contribution >= 0.6 is 0 Å². The number of nitrogens with zero attached hydrogens (tertiary/aromatic N) is 1. The van der Waals surface area contributed by atoms with Gasteiger partial charge in [-0.15, -0.1) is 0 Å². The van der Waals surface area contributed by atoms with E-state index in [9.17, 15) is 8.78 Å². The van der Waals surface area contributed by atoms with Gasteiger partial charge in [-0.2, -0.15) is 0 Å². The lowest BCUT2D eigenvalue weighted by molar-refractivity contribution is 0.515. The van der Waals surface area contributed by atoms with Gasteiger partial charge in [0.25, 0.3) is 0 Å². The summed E-state index contributed by atoms with van der Waals surface area (Å²) < 4.78 is 26.3. The SMILES string of the molecule is CC1CC1c1nc2c(F)c(F)ccc2[nH]1. The number of nitrogens with one attached hydrogen (secondary N) is 1. The minimum atomic E-state index is -0.858. The predicted molar refractivity (Wildman–Crippen MR) is 52.5 cm³/mol. The molecule has 1 fully saturated rings. The first-order valence-corrected chi connectivity index (χ1v) is 5.00. The first-order valence-electron chi connectivity index (χ1n) is 5.00. The van der Waals surface area contributed by atoms with Gasteiger partial charge in [0.15, 0.2) is 11.6 Å². The van der Waals surface area contributed by atoms with Crippen molar-refractivity contribution in [2.75, 3.05) is 0 Å². The fraction of sp³-hybridized carbons (Fsp3) is 0.364. The smallest absolute Gasteiger partial charge is 0.186 e. The van der Waals surface area contributed by atoms with Crippen LogP contribution in [-0.2, 0) is 0 Å². The minimum absolute atomic E-state index is 0.115. The summed E-state index contributed by atoms with van der Waals surface area (Å²) >= 11 is 0. The van der Waals surface area contributed by atoms with E-state index < -0.39 is 11.6 Å². The van der Waals surface area contributed by atoms with E-state index in [-0.39, 0.29) is 5.52 Å². The van der Waals surface area contributed by atoms with Gasteiger partial charge in [0, 0.05) is 5.92 Å². The minimum Gasteiger partial charge on any atom is -0.342 e. The van der Waals surface area contributed by atoms with E-state index in [4.69, 9.17) is 0 Å². The number of fused-ring (bicyclic) bond motifs is 1. The maximum Gasteiger partial charge on any atom is 0.186 e. The first-order chi connectivity index (χ1) is 7.16. The largest absolute Gasteiger partial charge is 0.342 e. The van der Waals surface area contributed by atoms with E-state index in [1.807, 2.05) is 0 Å². The highest BCUT2D eigenvalue weighted by molar-refractivity contribution is 5.76. The topological polar surface area (TPSA) is 28.7 Å². The van der Waals surface area contributed by atoms with Gasteiger partial charge in [0.05, 0.1) is 5.52 Å². The van der Waals surface area contributed by atoms with E-state index in [1.165, 1.54) is 6.07 Å². The average Bonchev–Trinajstić information content (AvgIpc) is 2.79. The van der Waals surface area contributed by atoms with Crippen LogP contribution in [0.25, 0.3) is 11.0 Å². The van der Waals surface area contributed by atoms with Crippen LogP contribution in [-0.4, -0.2) is 9.97 Å². The van der Waals surface area contributed by atoms with E-state index in [1.54, 1.807) is 0 Å². The predicted octanol–water partition coefficient (Wildman–Crippen LogP) is 2.96. The lowest BCUT2D eigenvalue weighted by Crippen LogP contribution is -1.85. The van der Waals surface area contributed by atoms with Gasteiger partial charge in [-0.3, -0.25) is 0 Å². The third kappa shape index (κ3) is 1.24. The molecule has 2 unspecified atom stereocenters. The van der Waals surface area contributed by atoms with Crippen molar-refractivity contribution < 1.29 is 8.78 Å². The van der Waals surface area contributed by atoms with Crippen molar-refractivity contribution in [2.45, 2.75) is 19.3 Å². The average molecular weight is 208 g/mol. The first kappa shape index (κ1) is 8.83. The monoisotopic (exact) mass is 208 g/mol. The van der Waals surface area contributed by atoms with Crippen LogP contribution in [0.5, 0.6) is 0 Å². The van der Waals surface area contributed by atoms with E-state index >= 15 is 0 Å². The lowest BCUT2D eigenvalue weighted by Gasteiger charge is -1.91. The van der Waals surface area contributed by atoms with Crippen LogP contribution in [0.1, 0.15) is 25.1 Å². The number of hydrogen-bond acceptors (Lipinski definition) is 1. The second-order valence-corrected chi connectivity index (χ2v) is 4.20. The van der Waals surface area contributed by atoms with Crippen molar-refractivity contribution in [1.29, 1.82) is 0 Å². The summed E-state index contributed by atoms with van der Waals surface area (Å²) in [4.78, 5) is 7.15. The van der Waals surface area contributed by atoms with E-state index in [2.05, 4.69) is 16.9 Å². The quantitative estimate of drug-likeness (QED) is 0.766. The van der Waals surface area contributed by atoms with Gasteiger partial charge < -0.3 is 4.98 Å². The van der Waals surface area contributed by atoms with Crippen LogP contribution < -0.4 is 0 Å². The molecule has 78 valence electrons. The summed E-state index contributed by atoms with van der Waals surface area (Å²) in [5.74, 6) is 0.0630. The van der Waals surface area contributed by atoms with Gasteiger partial charge in [-0.25, -0.2) is 13.8 Å². The highest BCUT2D eigenvalue weighted by Crippen LogP contribution is 2.46. The van der Waals surface area contributed by atoms with Gasteiger partial charge in [0.2, 0.25) is 0 Å². The molecule has 0 spiro atoms. The third-order valence-electron chi connectivity index (χ3n) is 3.02. The lowest BCUT2D eigenvalue weighted by atomic mass is 10.3. The van der Waals surface area contributed by atoms with Crippen molar-refractivity contribution in [3.05, 3.63) is 29.6 Å². The highest BCUT2D eigenvalue weighted by atomic mass is 19.2. The molecule has 1 heterocycles. The number of H-pyrrole nitrogens is 1. The van der Waals surface area contributed by atoms with Crippen molar-refractivity contribution in [1.82, 2.24) is 9.97 Å². The summed E-state index contributed by atoms with van der Waals surface area (Å²) in [6, 6.07) is 2.65. The molecular formula is C11H10F2N2. The zero-order chi connectivity index (χ0) is 10.6. The highest BCUT2D eigenvalue weighted by Gasteiger charge is 2.36. The Kier molecular flexibility index (Phi) is 1.63. The molecule has 0 bridgehead atoms. The number of hydrogen-bond donors (Lipinski definition) is 1. The maximum absolute atomic E-state index is 13.3. The molecular weight excluding hydrogens is 198 g/mol. The Balaban J connectivity index is 2.17. The molecule has 2 nitrogen and oxygen atoms in total. The Morgan fingerprint density at radius 2 is 2.13 bits per heavy atom. The number of rotatable bonds is 1. The van der Waals surface area contributed by atoms with Crippen molar-refractivity contribution in [3.63, 3.8) is 0 Å². The molecule has 1 aliphatic carbocycles. The number of aromatic nitrogens is 2. The van der Waals surface area contributed by atoms with Gasteiger partial charge in [-0.05, 0) is 24.5 Å². The number of imidazole rings is 1. The maximum atomic E-state index is 13.3. The molecule has 1 saturated carbocycles. The molecule has 1 aromatic carbocycles. The van der Waals surface area contributed by atoms with Gasteiger partial charge in [-0.1, -0.05) is 6.92 Å². The third-order valence-corrected chi connectivity index (χ3v) is 3.02. The molecule has 15 heavy (non-hydrogen) atoms. The Bertz CT molecular complexity index is 533. The molecule has 0 aliphatic heterocycles. The molecule has 1 N–H and O–H groups in total. The molecule has 0 amide bonds. The fourth-order valence-corrected chi connectivity index (χ4v) is 1.92. The molecule has 2 aromatic rings. The van der Waals surface area contributed by atoms with E-state index in [0.29, 0.717) is 17.4 Å². The van der Waals surface area contributed by atoms with Crippen LogP contribution in [0.4, 0.5) is 8.78 Å². The summed E-state index contributed by atoms with van der Waals surface area (Å²) in [7, 11) is 0. The Morgan fingerprint density at radius 3 is 2.80 bits per heavy atom. The summed E-state index contributed by atoms with van der Waals surface area (Å²) in [5.41, 5.74) is 0.687. The zero-order valence-corrected chi connectivity index (χ0v) is 8.22. The normalized spacial score (nSPS) is 24.7. The van der Waals surface area contributed by atoms with Crippen LogP contribution in [0, 0.1) is 17.6 Å².